The molecule has 0 heterocycles. The molecule has 0 aliphatic carbocycles. The van der Waals surface area contributed by atoms with Gasteiger partial charge in [0.2, 0.25) is 5.91 Å². The third-order valence-electron chi connectivity index (χ3n) is 14.9. The highest BCUT2D eigenvalue weighted by Crippen LogP contribution is 2.18. The first-order valence-electron chi connectivity index (χ1n) is 32.2. The zero-order valence-corrected chi connectivity index (χ0v) is 48.4. The van der Waals surface area contributed by atoms with Gasteiger partial charge < -0.3 is 20.3 Å². The summed E-state index contributed by atoms with van der Waals surface area (Å²) in [5.41, 5.74) is 0. The maximum Gasteiger partial charge on any atom is 0.305 e. The van der Waals surface area contributed by atoms with Crippen molar-refractivity contribution in [1.82, 2.24) is 5.32 Å². The summed E-state index contributed by atoms with van der Waals surface area (Å²) in [6.45, 7) is 4.93. The number of aliphatic hydroxyl groups is 2. The van der Waals surface area contributed by atoms with Gasteiger partial charge in [-0.3, -0.25) is 9.59 Å². The Balaban J connectivity index is 3.46. The number of nitrogens with one attached hydrogen (secondary N) is 1. The molecule has 0 spiro atoms. The van der Waals surface area contributed by atoms with Crippen LogP contribution in [0.1, 0.15) is 348 Å². The normalized spacial score (nSPS) is 12.8. The van der Waals surface area contributed by atoms with Crippen LogP contribution in [-0.2, 0) is 14.3 Å². The van der Waals surface area contributed by atoms with E-state index in [-0.39, 0.29) is 18.5 Å². The van der Waals surface area contributed by atoms with Crippen molar-refractivity contribution in [2.24, 2.45) is 0 Å². The number of rotatable bonds is 60. The van der Waals surface area contributed by atoms with Gasteiger partial charge in [-0.2, -0.15) is 0 Å². The van der Waals surface area contributed by atoms with Crippen LogP contribution in [0.15, 0.2) is 36.5 Å². The molecule has 0 aliphatic heterocycles. The van der Waals surface area contributed by atoms with E-state index < -0.39 is 12.1 Å². The van der Waals surface area contributed by atoms with E-state index in [0.717, 1.165) is 57.8 Å². The molecule has 0 aliphatic rings. The Hall–Kier alpha value is -1.92. The van der Waals surface area contributed by atoms with Gasteiger partial charge in [0, 0.05) is 12.8 Å². The topological polar surface area (TPSA) is 95.9 Å². The second-order valence-corrected chi connectivity index (χ2v) is 22.1. The number of amides is 1. The quantitative estimate of drug-likeness (QED) is 0.0320. The summed E-state index contributed by atoms with van der Waals surface area (Å²) in [5.74, 6) is -0.0463. The van der Waals surface area contributed by atoms with E-state index in [0.29, 0.717) is 25.9 Å². The Labute approximate surface area is 449 Å². The van der Waals surface area contributed by atoms with Gasteiger partial charge in [-0.05, 0) is 77.0 Å². The minimum Gasteiger partial charge on any atom is -0.466 e. The summed E-state index contributed by atoms with van der Waals surface area (Å²) >= 11 is 0. The van der Waals surface area contributed by atoms with Gasteiger partial charge >= 0.3 is 5.97 Å². The molecule has 6 nitrogen and oxygen atoms in total. The minimum absolute atomic E-state index is 0.00385. The van der Waals surface area contributed by atoms with Crippen LogP contribution < -0.4 is 5.32 Å². The summed E-state index contributed by atoms with van der Waals surface area (Å²) in [6.07, 6.45) is 77.3. The largest absolute Gasteiger partial charge is 0.466 e. The first kappa shape index (κ1) is 70.1. The second kappa shape index (κ2) is 61.6. The minimum atomic E-state index is -0.672. The molecule has 0 rings (SSSR count). The molecule has 1 amide bonds. The molecule has 6 heteroatoms. The number of carbonyl (C=O) groups excluding carboxylic acids is 2. The molecule has 0 saturated heterocycles. The summed E-state index contributed by atoms with van der Waals surface area (Å²) in [5, 5.41) is 23.4. The third kappa shape index (κ3) is 57.4. The van der Waals surface area contributed by atoms with E-state index in [2.05, 4.69) is 55.6 Å². The van der Waals surface area contributed by atoms with Gasteiger partial charge in [-0.15, -0.1) is 0 Å². The van der Waals surface area contributed by atoms with Gasteiger partial charge in [0.05, 0.1) is 25.4 Å². The molecule has 0 saturated carbocycles. The predicted molar refractivity (Wildman–Crippen MR) is 315 cm³/mol. The lowest BCUT2D eigenvalue weighted by Gasteiger charge is -2.22. The van der Waals surface area contributed by atoms with E-state index in [1.807, 2.05) is 0 Å². The van der Waals surface area contributed by atoms with Crippen LogP contribution in [0.3, 0.4) is 0 Å². The summed E-state index contributed by atoms with van der Waals surface area (Å²) in [6, 6.07) is -0.550. The molecule has 72 heavy (non-hydrogen) atoms. The Morgan fingerprint density at radius 1 is 0.389 bits per heavy atom. The van der Waals surface area contributed by atoms with E-state index >= 15 is 0 Å². The zero-order chi connectivity index (χ0) is 52.2. The van der Waals surface area contributed by atoms with Crippen LogP contribution in [0.2, 0.25) is 0 Å². The molecule has 0 aromatic carbocycles. The standard InChI is InChI=1S/C66H125NO5/c1-3-5-7-9-11-13-15-16-17-18-19-23-26-29-32-35-39-42-46-50-54-58-64(69)63(62-68)67-65(70)59-55-51-47-43-40-36-33-30-27-24-21-20-22-25-28-31-34-37-41-45-49-53-57-61-72-66(71)60-56-52-48-44-38-14-12-10-8-6-4-2/h10,12,20,22,24,27,63-64,68-69H,3-9,11,13-19,21,23,25-26,28-62H2,1-2H3,(H,67,70)/b12-10-,22-20-,27-24-. The molecule has 0 aromatic heterocycles. The van der Waals surface area contributed by atoms with Crippen molar-refractivity contribution in [1.29, 1.82) is 0 Å². The average molecular weight is 1010 g/mol. The Bertz CT molecular complexity index is 1170. The van der Waals surface area contributed by atoms with Crippen molar-refractivity contribution < 1.29 is 24.5 Å². The fourth-order valence-corrected chi connectivity index (χ4v) is 9.95. The SMILES string of the molecule is CCCC/C=C\CCCCCCCC(=O)OCCCCCCCCCCC/C=C\C/C=C\CCCCCCCCCC(=O)NC(CO)C(O)CCCCCCCCCCCCCCCCCCCCCCC. The molecular formula is C66H125NO5. The number of hydrogen-bond acceptors (Lipinski definition) is 5. The third-order valence-corrected chi connectivity index (χ3v) is 14.9. The van der Waals surface area contributed by atoms with Gasteiger partial charge in [0.1, 0.15) is 0 Å². The summed E-state index contributed by atoms with van der Waals surface area (Å²) in [7, 11) is 0. The van der Waals surface area contributed by atoms with E-state index in [1.54, 1.807) is 0 Å². The van der Waals surface area contributed by atoms with E-state index in [1.165, 1.54) is 257 Å². The highest BCUT2D eigenvalue weighted by Gasteiger charge is 2.20. The molecule has 0 bridgehead atoms. The Kier molecular flexibility index (Phi) is 60.0. The fraction of sp³-hybridized carbons (Fsp3) is 0.879. The number of esters is 1. The predicted octanol–water partition coefficient (Wildman–Crippen LogP) is 20.4. The Morgan fingerprint density at radius 2 is 0.708 bits per heavy atom. The maximum absolute atomic E-state index is 12.5. The molecule has 0 aromatic rings. The van der Waals surface area contributed by atoms with Gasteiger partial charge in [-0.25, -0.2) is 0 Å². The summed E-state index contributed by atoms with van der Waals surface area (Å²) in [4.78, 5) is 24.5. The van der Waals surface area contributed by atoms with Crippen LogP contribution in [-0.4, -0.2) is 47.4 Å². The van der Waals surface area contributed by atoms with Gasteiger partial charge in [-0.1, -0.05) is 294 Å². The average Bonchev–Trinajstić information content (AvgIpc) is 3.38. The molecule has 3 N–H and O–H groups in total. The smallest absolute Gasteiger partial charge is 0.305 e. The van der Waals surface area contributed by atoms with Crippen LogP contribution in [0.25, 0.3) is 0 Å². The fourth-order valence-electron chi connectivity index (χ4n) is 9.95. The second-order valence-electron chi connectivity index (χ2n) is 22.1. The van der Waals surface area contributed by atoms with Crippen LogP contribution >= 0.6 is 0 Å². The van der Waals surface area contributed by atoms with E-state index in [4.69, 9.17) is 4.74 Å². The number of aliphatic hydroxyl groups excluding tert-OH is 2. The molecule has 0 radical (unpaired) electrons. The van der Waals surface area contributed by atoms with Crippen LogP contribution in [0.5, 0.6) is 0 Å². The van der Waals surface area contributed by atoms with Crippen LogP contribution in [0.4, 0.5) is 0 Å². The maximum atomic E-state index is 12.5. The van der Waals surface area contributed by atoms with Crippen molar-refractivity contribution in [2.75, 3.05) is 13.2 Å². The van der Waals surface area contributed by atoms with Crippen molar-refractivity contribution >= 4 is 11.9 Å². The van der Waals surface area contributed by atoms with Crippen molar-refractivity contribution in [3.63, 3.8) is 0 Å². The lowest BCUT2D eigenvalue weighted by Crippen LogP contribution is -2.45. The molecular weight excluding hydrogens is 887 g/mol. The number of hydrogen-bond donors (Lipinski definition) is 3. The zero-order valence-electron chi connectivity index (χ0n) is 48.4. The van der Waals surface area contributed by atoms with Crippen LogP contribution in [0, 0.1) is 0 Å². The summed E-state index contributed by atoms with van der Waals surface area (Å²) < 4.78 is 5.45. The highest BCUT2D eigenvalue weighted by atomic mass is 16.5. The highest BCUT2D eigenvalue weighted by molar-refractivity contribution is 5.76. The Morgan fingerprint density at radius 3 is 1.11 bits per heavy atom. The monoisotopic (exact) mass is 1010 g/mol. The lowest BCUT2D eigenvalue weighted by atomic mass is 10.0. The number of unbranched alkanes of at least 4 members (excludes halogenated alkanes) is 43. The molecule has 2 atom stereocenters. The van der Waals surface area contributed by atoms with Gasteiger partial charge in [0.15, 0.2) is 0 Å². The molecule has 0 fully saturated rings. The van der Waals surface area contributed by atoms with Gasteiger partial charge in [0.25, 0.3) is 0 Å². The number of ether oxygens (including phenoxy) is 1. The first-order valence-corrected chi connectivity index (χ1v) is 32.2. The first-order chi connectivity index (χ1) is 35.5. The number of allylic oxidation sites excluding steroid dienone is 6. The van der Waals surface area contributed by atoms with Crippen molar-refractivity contribution in [3.05, 3.63) is 36.5 Å². The van der Waals surface area contributed by atoms with Crippen molar-refractivity contribution in [3.8, 4) is 0 Å². The lowest BCUT2D eigenvalue weighted by molar-refractivity contribution is -0.143. The molecule has 2 unspecified atom stereocenters. The van der Waals surface area contributed by atoms with Crippen molar-refractivity contribution in [2.45, 2.75) is 360 Å². The number of carbonyl (C=O) groups is 2. The molecule has 424 valence electrons. The van der Waals surface area contributed by atoms with E-state index in [9.17, 15) is 19.8 Å².